The molecule has 0 aliphatic heterocycles. The zero-order valence-corrected chi connectivity index (χ0v) is 9.64. The van der Waals surface area contributed by atoms with Gasteiger partial charge in [-0.1, -0.05) is 31.3 Å². The minimum absolute atomic E-state index is 0.339. The predicted molar refractivity (Wildman–Crippen MR) is 57.7 cm³/mol. The van der Waals surface area contributed by atoms with Gasteiger partial charge in [0.15, 0.2) is 0 Å². The van der Waals surface area contributed by atoms with Crippen LogP contribution in [0, 0.1) is 13.8 Å². The van der Waals surface area contributed by atoms with E-state index in [9.17, 15) is 4.79 Å². The first kappa shape index (κ1) is 10.2. The van der Waals surface area contributed by atoms with Crippen LogP contribution in [0.2, 0.25) is 13.1 Å². The maximum atomic E-state index is 11.8. The quantitative estimate of drug-likeness (QED) is 0.657. The SMILES string of the molecule is Cc1cccc(C(=O)[Si](C)C)c1C. The van der Waals surface area contributed by atoms with Crippen molar-refractivity contribution < 1.29 is 4.79 Å². The van der Waals surface area contributed by atoms with Crippen molar-refractivity contribution in [3.63, 3.8) is 0 Å². The predicted octanol–water partition coefficient (Wildman–Crippen LogP) is 2.78. The maximum absolute atomic E-state index is 11.8. The van der Waals surface area contributed by atoms with E-state index in [2.05, 4.69) is 0 Å². The number of carbonyl (C=O) groups is 1. The van der Waals surface area contributed by atoms with E-state index in [4.69, 9.17) is 0 Å². The fraction of sp³-hybridized carbons (Fsp3) is 0.364. The molecule has 0 heterocycles. The zero-order chi connectivity index (χ0) is 10.0. The summed E-state index contributed by atoms with van der Waals surface area (Å²) >= 11 is 0. The third-order valence-corrected chi connectivity index (χ3v) is 3.48. The van der Waals surface area contributed by atoms with Gasteiger partial charge >= 0.3 is 0 Å². The molecule has 0 unspecified atom stereocenters. The molecular formula is C11H15OSi. The van der Waals surface area contributed by atoms with Gasteiger partial charge in [0.25, 0.3) is 0 Å². The van der Waals surface area contributed by atoms with Gasteiger partial charge in [-0.3, -0.25) is 0 Å². The van der Waals surface area contributed by atoms with Crippen LogP contribution in [-0.4, -0.2) is 14.2 Å². The lowest BCUT2D eigenvalue weighted by Crippen LogP contribution is -2.19. The molecular weight excluding hydrogens is 176 g/mol. The number of carbonyl (C=O) groups excluding carboxylic acids is 1. The van der Waals surface area contributed by atoms with Crippen LogP contribution in [0.25, 0.3) is 0 Å². The Kier molecular flexibility index (Phi) is 3.04. The Morgan fingerprint density at radius 3 is 2.38 bits per heavy atom. The molecule has 1 aromatic carbocycles. The van der Waals surface area contributed by atoms with Gasteiger partial charge in [-0.05, 0) is 25.0 Å². The smallest absolute Gasteiger partial charge is 0.138 e. The average Bonchev–Trinajstić information content (AvgIpc) is 2.08. The molecule has 13 heavy (non-hydrogen) atoms. The molecule has 0 saturated heterocycles. The number of benzene rings is 1. The van der Waals surface area contributed by atoms with Crippen molar-refractivity contribution in [2.45, 2.75) is 26.9 Å². The molecule has 2 heteroatoms. The molecule has 1 nitrogen and oxygen atoms in total. The molecule has 0 aliphatic rings. The molecule has 0 bridgehead atoms. The Balaban J connectivity index is 3.15. The Morgan fingerprint density at radius 2 is 1.85 bits per heavy atom. The van der Waals surface area contributed by atoms with Gasteiger partial charge < -0.3 is 4.79 Å². The summed E-state index contributed by atoms with van der Waals surface area (Å²) in [5.41, 5.74) is 3.26. The first-order valence-corrected chi connectivity index (χ1v) is 6.95. The summed E-state index contributed by atoms with van der Waals surface area (Å²) in [5.74, 6) is 0. The lowest BCUT2D eigenvalue weighted by atomic mass is 10.0. The zero-order valence-electron chi connectivity index (χ0n) is 8.64. The van der Waals surface area contributed by atoms with Crippen LogP contribution in [0.1, 0.15) is 21.5 Å². The van der Waals surface area contributed by atoms with Crippen LogP contribution in [-0.2, 0) is 0 Å². The second-order valence-corrected chi connectivity index (χ2v) is 6.03. The topological polar surface area (TPSA) is 17.1 Å². The molecule has 0 N–H and O–H groups in total. The number of rotatable bonds is 2. The normalized spacial score (nSPS) is 10.5. The lowest BCUT2D eigenvalue weighted by Gasteiger charge is -2.08. The second kappa shape index (κ2) is 3.88. The fourth-order valence-electron chi connectivity index (χ4n) is 1.27. The molecule has 0 amide bonds. The summed E-state index contributed by atoms with van der Waals surface area (Å²) in [6.07, 6.45) is 0. The number of hydrogen-bond acceptors (Lipinski definition) is 1. The first-order chi connectivity index (χ1) is 6.04. The Hall–Kier alpha value is -0.893. The molecule has 1 radical (unpaired) electrons. The van der Waals surface area contributed by atoms with E-state index >= 15 is 0 Å². The highest BCUT2D eigenvalue weighted by Gasteiger charge is 2.14. The van der Waals surface area contributed by atoms with E-state index < -0.39 is 8.80 Å². The summed E-state index contributed by atoms with van der Waals surface area (Å²) < 4.78 is 0. The molecule has 1 aromatic rings. The van der Waals surface area contributed by atoms with Gasteiger partial charge in [-0.2, -0.15) is 0 Å². The standard InChI is InChI=1S/C11H15OSi/c1-8-6-5-7-10(9(8)2)11(12)13(3)4/h5-7H,1-4H3. The number of hydrogen-bond donors (Lipinski definition) is 0. The van der Waals surface area contributed by atoms with Gasteiger partial charge in [-0.15, -0.1) is 0 Å². The molecule has 1 rings (SSSR count). The van der Waals surface area contributed by atoms with E-state index in [1.165, 1.54) is 5.56 Å². The van der Waals surface area contributed by atoms with Crippen LogP contribution in [0.5, 0.6) is 0 Å². The van der Waals surface area contributed by atoms with Gasteiger partial charge in [0.05, 0.1) is 0 Å². The van der Waals surface area contributed by atoms with E-state index in [1.807, 2.05) is 45.1 Å². The van der Waals surface area contributed by atoms with Crippen molar-refractivity contribution in [3.05, 3.63) is 34.9 Å². The van der Waals surface area contributed by atoms with Crippen LogP contribution in [0.4, 0.5) is 0 Å². The summed E-state index contributed by atoms with van der Waals surface area (Å²) in [4.78, 5) is 11.8. The monoisotopic (exact) mass is 191 g/mol. The van der Waals surface area contributed by atoms with Crippen molar-refractivity contribution in [3.8, 4) is 0 Å². The molecule has 0 saturated carbocycles. The third-order valence-electron chi connectivity index (χ3n) is 2.30. The maximum Gasteiger partial charge on any atom is 0.138 e. The minimum Gasteiger partial charge on any atom is -0.300 e. The van der Waals surface area contributed by atoms with Crippen LogP contribution >= 0.6 is 0 Å². The fourth-order valence-corrected chi connectivity index (χ4v) is 2.08. The molecule has 0 aliphatic carbocycles. The minimum atomic E-state index is -0.842. The largest absolute Gasteiger partial charge is 0.300 e. The molecule has 0 aromatic heterocycles. The van der Waals surface area contributed by atoms with Crippen molar-refractivity contribution in [2.24, 2.45) is 0 Å². The van der Waals surface area contributed by atoms with Crippen LogP contribution < -0.4 is 0 Å². The van der Waals surface area contributed by atoms with Gasteiger partial charge in [0.2, 0.25) is 0 Å². The summed E-state index contributed by atoms with van der Waals surface area (Å²) in [6.45, 7) is 8.14. The van der Waals surface area contributed by atoms with E-state index in [1.54, 1.807) is 0 Å². The first-order valence-electron chi connectivity index (χ1n) is 4.45. The number of aryl methyl sites for hydroxylation is 1. The average molecular weight is 191 g/mol. The third kappa shape index (κ3) is 2.07. The van der Waals surface area contributed by atoms with E-state index in [-0.39, 0.29) is 0 Å². The summed E-state index contributed by atoms with van der Waals surface area (Å²) in [7, 11) is -0.842. The van der Waals surface area contributed by atoms with Crippen LogP contribution in [0.3, 0.4) is 0 Å². The molecule has 0 fully saturated rings. The van der Waals surface area contributed by atoms with Crippen molar-refractivity contribution in [1.29, 1.82) is 0 Å². The highest BCUT2D eigenvalue weighted by Crippen LogP contribution is 2.14. The van der Waals surface area contributed by atoms with Crippen molar-refractivity contribution in [1.82, 2.24) is 0 Å². The molecule has 69 valence electrons. The van der Waals surface area contributed by atoms with Gasteiger partial charge in [0, 0.05) is 5.56 Å². The lowest BCUT2D eigenvalue weighted by molar-refractivity contribution is 0.107. The Morgan fingerprint density at radius 1 is 1.23 bits per heavy atom. The van der Waals surface area contributed by atoms with Gasteiger partial charge in [-0.25, -0.2) is 0 Å². The van der Waals surface area contributed by atoms with E-state index in [0.29, 0.717) is 5.41 Å². The highest BCUT2D eigenvalue weighted by molar-refractivity contribution is 6.90. The molecule has 0 spiro atoms. The molecule has 0 atom stereocenters. The Labute approximate surface area is 81.4 Å². The summed E-state index contributed by atoms with van der Waals surface area (Å²) in [5, 5.41) is 0.339. The van der Waals surface area contributed by atoms with Gasteiger partial charge in [0.1, 0.15) is 14.2 Å². The van der Waals surface area contributed by atoms with Crippen molar-refractivity contribution in [2.75, 3.05) is 0 Å². The highest BCUT2D eigenvalue weighted by atomic mass is 28.3. The Bertz CT molecular complexity index is 329. The van der Waals surface area contributed by atoms with E-state index in [0.717, 1.165) is 11.1 Å². The summed E-state index contributed by atoms with van der Waals surface area (Å²) in [6, 6.07) is 5.94. The van der Waals surface area contributed by atoms with Crippen LogP contribution in [0.15, 0.2) is 18.2 Å². The second-order valence-electron chi connectivity index (χ2n) is 3.58. The van der Waals surface area contributed by atoms with Crippen molar-refractivity contribution >= 4 is 14.2 Å².